The fourth-order valence-corrected chi connectivity index (χ4v) is 4.46. The maximum absolute atomic E-state index is 10.5. The van der Waals surface area contributed by atoms with Crippen LogP contribution < -0.4 is 21.3 Å². The van der Waals surface area contributed by atoms with Gasteiger partial charge in [-0.2, -0.15) is 0 Å². The van der Waals surface area contributed by atoms with E-state index in [0.717, 1.165) is 129 Å². The lowest BCUT2D eigenvalue weighted by Gasteiger charge is -2.10. The summed E-state index contributed by atoms with van der Waals surface area (Å²) in [6, 6.07) is 0. The van der Waals surface area contributed by atoms with Gasteiger partial charge in [-0.15, -0.1) is 0 Å². The molecule has 2 aliphatic carbocycles. The van der Waals surface area contributed by atoms with Gasteiger partial charge in [0.2, 0.25) is 11.8 Å². The second-order valence-corrected chi connectivity index (χ2v) is 11.3. The van der Waals surface area contributed by atoms with Gasteiger partial charge in [0.25, 0.3) is 0 Å². The molecule has 4 amide bonds. The molecule has 0 aromatic carbocycles. The second-order valence-electron chi connectivity index (χ2n) is 11.3. The number of ether oxygens (including phenoxy) is 3. The quantitative estimate of drug-likeness (QED) is 0.301. The molecule has 7 fully saturated rings. The van der Waals surface area contributed by atoms with Crippen LogP contribution in [0, 0.1) is 0 Å². The van der Waals surface area contributed by atoms with Crippen LogP contribution >= 0.6 is 0 Å². The van der Waals surface area contributed by atoms with Crippen molar-refractivity contribution >= 4 is 41.4 Å². The van der Waals surface area contributed by atoms with Gasteiger partial charge in [0.15, 0.2) is 5.78 Å². The number of ketones is 3. The van der Waals surface area contributed by atoms with E-state index in [1.165, 1.54) is 6.42 Å². The first kappa shape index (κ1) is 40.5. The van der Waals surface area contributed by atoms with Crippen LogP contribution in [0.5, 0.6) is 0 Å². The highest BCUT2D eigenvalue weighted by atomic mass is 16.6. The van der Waals surface area contributed by atoms with E-state index >= 15 is 0 Å². The molecule has 0 radical (unpaired) electrons. The minimum atomic E-state index is -0.296. The Kier molecular flexibility index (Phi) is 24.4. The lowest BCUT2D eigenvalue weighted by Crippen LogP contribution is -2.31. The lowest BCUT2D eigenvalue weighted by molar-refractivity contribution is -0.127. The third kappa shape index (κ3) is 25.7. The Morgan fingerprint density at radius 3 is 1.09 bits per heavy atom. The number of alkyl carbamates (subject to hydrolysis) is 2. The van der Waals surface area contributed by atoms with E-state index in [1.54, 1.807) is 0 Å². The van der Waals surface area contributed by atoms with Crippen molar-refractivity contribution in [2.24, 2.45) is 0 Å². The molecular formula is C32H54N4O10. The normalized spacial score (nSPS) is 21.4. The molecule has 0 unspecified atom stereocenters. The third-order valence-electron chi connectivity index (χ3n) is 7.06. The van der Waals surface area contributed by atoms with Crippen LogP contribution in [-0.2, 0) is 38.2 Å². The maximum Gasteiger partial charge on any atom is 0.407 e. The van der Waals surface area contributed by atoms with Gasteiger partial charge < -0.3 is 35.5 Å². The number of hydrogen-bond acceptors (Lipinski definition) is 10. The average molecular weight is 655 g/mol. The molecule has 5 heterocycles. The van der Waals surface area contributed by atoms with Crippen molar-refractivity contribution in [1.29, 1.82) is 0 Å². The Hall–Kier alpha value is -3.55. The number of piperidine rings is 1. The summed E-state index contributed by atoms with van der Waals surface area (Å²) >= 11 is 0. The van der Waals surface area contributed by atoms with Crippen LogP contribution in [-0.4, -0.2) is 94.0 Å². The number of carbonyl (C=O) groups excluding carboxylic acids is 7. The average Bonchev–Trinajstić information content (AvgIpc) is 3.86. The Balaban J connectivity index is 0.000000269. The van der Waals surface area contributed by atoms with Gasteiger partial charge >= 0.3 is 12.2 Å². The van der Waals surface area contributed by atoms with Crippen molar-refractivity contribution in [1.82, 2.24) is 21.3 Å². The predicted molar refractivity (Wildman–Crippen MR) is 169 cm³/mol. The molecule has 0 bridgehead atoms. The van der Waals surface area contributed by atoms with Gasteiger partial charge in [-0.1, -0.05) is 6.42 Å². The van der Waals surface area contributed by atoms with Crippen molar-refractivity contribution < 1.29 is 47.8 Å². The molecule has 14 heteroatoms. The zero-order valence-electron chi connectivity index (χ0n) is 27.3. The van der Waals surface area contributed by atoms with Crippen molar-refractivity contribution in [3.05, 3.63) is 0 Å². The fourth-order valence-electron chi connectivity index (χ4n) is 4.46. The van der Waals surface area contributed by atoms with E-state index < -0.39 is 0 Å². The topological polar surface area (TPSA) is 195 Å². The summed E-state index contributed by atoms with van der Waals surface area (Å²) in [4.78, 5) is 71.6. The minimum absolute atomic E-state index is 0.204. The summed E-state index contributed by atoms with van der Waals surface area (Å²) < 4.78 is 13.8. The van der Waals surface area contributed by atoms with Crippen molar-refractivity contribution in [2.45, 2.75) is 109 Å². The first-order chi connectivity index (χ1) is 22.3. The van der Waals surface area contributed by atoms with E-state index in [2.05, 4.69) is 30.7 Å². The Morgan fingerprint density at radius 1 is 0.370 bits per heavy atom. The fraction of sp³-hybridized carbons (Fsp3) is 0.781. The molecule has 4 N–H and O–H groups in total. The van der Waals surface area contributed by atoms with Crippen LogP contribution in [0.25, 0.3) is 0 Å². The SMILES string of the molecule is O=C1CCCC1.O=C1CCCCC1.O=C1CCCCN1.O=C1CCCN1.O=C1CCCOC1.O=C1NCCCO1.O=C1NCCO1. The van der Waals surface area contributed by atoms with Crippen LogP contribution in [0.2, 0.25) is 0 Å². The molecule has 7 rings (SSSR count). The zero-order valence-corrected chi connectivity index (χ0v) is 27.3. The van der Waals surface area contributed by atoms with E-state index in [1.807, 2.05) is 0 Å². The van der Waals surface area contributed by atoms with Gasteiger partial charge in [-0.3, -0.25) is 24.0 Å². The highest BCUT2D eigenvalue weighted by molar-refractivity contribution is 5.80. The molecule has 0 spiro atoms. The molecule has 7 aliphatic rings. The van der Waals surface area contributed by atoms with E-state index in [-0.39, 0.29) is 29.8 Å². The molecule has 46 heavy (non-hydrogen) atoms. The van der Waals surface area contributed by atoms with Crippen LogP contribution in [0.15, 0.2) is 0 Å². The highest BCUT2D eigenvalue weighted by Crippen LogP contribution is 2.12. The van der Waals surface area contributed by atoms with Crippen LogP contribution in [0.4, 0.5) is 9.59 Å². The number of hydrogen-bond donors (Lipinski definition) is 4. The molecule has 5 aliphatic heterocycles. The first-order valence-electron chi connectivity index (χ1n) is 16.7. The van der Waals surface area contributed by atoms with Crippen molar-refractivity contribution in [3.63, 3.8) is 0 Å². The maximum atomic E-state index is 10.5. The van der Waals surface area contributed by atoms with Gasteiger partial charge in [-0.05, 0) is 57.8 Å². The highest BCUT2D eigenvalue weighted by Gasteiger charge is 2.09. The van der Waals surface area contributed by atoms with Gasteiger partial charge in [-0.25, -0.2) is 9.59 Å². The summed E-state index contributed by atoms with van der Waals surface area (Å²) in [5, 5.41) is 10.4. The van der Waals surface area contributed by atoms with Crippen molar-refractivity contribution in [2.75, 3.05) is 52.6 Å². The minimum Gasteiger partial charge on any atom is -0.449 e. The number of amides is 4. The van der Waals surface area contributed by atoms with Gasteiger partial charge in [0.1, 0.15) is 24.8 Å². The molecular weight excluding hydrogens is 600 g/mol. The first-order valence-corrected chi connectivity index (χ1v) is 16.7. The van der Waals surface area contributed by atoms with E-state index in [4.69, 9.17) is 4.74 Å². The summed E-state index contributed by atoms with van der Waals surface area (Å²) in [6.45, 7) is 5.42. The molecule has 0 atom stereocenters. The Morgan fingerprint density at radius 2 is 0.848 bits per heavy atom. The molecule has 14 nitrogen and oxygen atoms in total. The summed E-state index contributed by atoms with van der Waals surface area (Å²) in [5.74, 6) is 1.58. The number of rotatable bonds is 0. The van der Waals surface area contributed by atoms with Crippen LogP contribution in [0.3, 0.4) is 0 Å². The monoisotopic (exact) mass is 654 g/mol. The second kappa shape index (κ2) is 27.7. The summed E-state index contributed by atoms with van der Waals surface area (Å²) in [6.07, 6.45) is 15.9. The van der Waals surface area contributed by atoms with Crippen molar-refractivity contribution in [3.8, 4) is 0 Å². The molecule has 0 aromatic heterocycles. The van der Waals surface area contributed by atoms with E-state index in [9.17, 15) is 33.6 Å². The Labute approximate surface area is 272 Å². The number of nitrogens with one attached hydrogen (secondary N) is 4. The van der Waals surface area contributed by atoms with Crippen LogP contribution in [0.1, 0.15) is 109 Å². The standard InChI is InChI=1S/C6H10O.C5H9NO.C5H8O2.C5H8O.C4H7NO2.C4H7NO.C3H5NO2/c7-6-4-2-1-3-5-6;7-5-3-1-2-4-6-5;6-5-2-1-3-7-4-5;6-5-3-1-2-4-5;6-4-5-2-1-3-7-4;6-4-2-1-3-5-4;5-3-4-1-2-6-3/h1-5H2;1-4H2,(H,6,7);1-4H2;1-4H2;1-3H2,(H,5,6);1-3H2,(H,5,6);1-2H2,(H,4,5). The predicted octanol–water partition coefficient (Wildman–Crippen LogP) is 3.04. The zero-order chi connectivity index (χ0) is 33.7. The Bertz CT molecular complexity index is 752. The smallest absolute Gasteiger partial charge is 0.407 e. The number of cyclic esters (lactones) is 2. The molecule has 2 saturated carbocycles. The summed E-state index contributed by atoms with van der Waals surface area (Å²) in [5.41, 5.74) is 0. The van der Waals surface area contributed by atoms with Gasteiger partial charge in [0, 0.05) is 71.2 Å². The lowest BCUT2D eigenvalue weighted by atomic mass is 10.00. The molecule has 262 valence electrons. The number of carbonyl (C=O) groups is 7. The third-order valence-corrected chi connectivity index (χ3v) is 7.06. The molecule has 5 saturated heterocycles. The van der Waals surface area contributed by atoms with E-state index in [0.29, 0.717) is 37.9 Å². The summed E-state index contributed by atoms with van der Waals surface area (Å²) in [7, 11) is 0. The largest absolute Gasteiger partial charge is 0.449 e. The number of Topliss-reactive ketones (excluding diaryl/α,β-unsaturated/α-hetero) is 3. The van der Waals surface area contributed by atoms with Gasteiger partial charge in [0.05, 0.1) is 13.2 Å². The molecule has 0 aromatic rings.